The van der Waals surface area contributed by atoms with Gasteiger partial charge in [-0.2, -0.15) is 13.2 Å². The van der Waals surface area contributed by atoms with Gasteiger partial charge in [-0.3, -0.25) is 0 Å². The average Bonchev–Trinajstić information content (AvgIpc) is 2.39. The molecule has 0 radical (unpaired) electrons. The Balaban J connectivity index is 2.15. The minimum absolute atomic E-state index is 0.0490. The van der Waals surface area contributed by atoms with Crippen molar-refractivity contribution in [2.24, 2.45) is 0 Å². The number of anilines is 1. The van der Waals surface area contributed by atoms with E-state index in [0.717, 1.165) is 38.2 Å². The molecule has 1 N–H and O–H groups in total. The number of alkyl halides is 3. The minimum atomic E-state index is -4.41. The van der Waals surface area contributed by atoms with Crippen molar-refractivity contribution >= 4 is 17.4 Å². The van der Waals surface area contributed by atoms with Gasteiger partial charge in [-0.05, 0) is 32.9 Å². The first-order valence-electron chi connectivity index (χ1n) is 6.42. The Bertz CT molecular complexity index is 482. The molecule has 1 aromatic rings. The molecule has 112 valence electrons. The highest BCUT2D eigenvalue weighted by molar-refractivity contribution is 6.33. The van der Waals surface area contributed by atoms with Gasteiger partial charge in [0.25, 0.3) is 0 Å². The third-order valence-electron chi connectivity index (χ3n) is 3.92. The van der Waals surface area contributed by atoms with E-state index in [2.05, 4.69) is 17.2 Å². The third kappa shape index (κ3) is 3.17. The summed E-state index contributed by atoms with van der Waals surface area (Å²) in [7, 11) is 1.92. The van der Waals surface area contributed by atoms with Crippen LogP contribution < -0.4 is 10.2 Å². The number of nitrogens with one attached hydrogen (secondary N) is 1. The quantitative estimate of drug-likeness (QED) is 0.908. The monoisotopic (exact) mass is 307 g/mol. The predicted molar refractivity (Wildman–Crippen MR) is 73.2 cm³/mol. The zero-order valence-electron chi connectivity index (χ0n) is 11.4. The molecule has 2 rings (SSSR count). The number of rotatable bonds is 2. The van der Waals surface area contributed by atoms with Gasteiger partial charge in [0.15, 0.2) is 0 Å². The molecule has 0 spiro atoms. The third-order valence-corrected chi connectivity index (χ3v) is 4.20. The molecule has 0 unspecified atom stereocenters. The van der Waals surface area contributed by atoms with Crippen LogP contribution in [-0.2, 0) is 6.18 Å². The van der Waals surface area contributed by atoms with Crippen LogP contribution in [0.15, 0.2) is 12.3 Å². The summed E-state index contributed by atoms with van der Waals surface area (Å²) in [6, 6.07) is 0.940. The van der Waals surface area contributed by atoms with Gasteiger partial charge in [-0.15, -0.1) is 0 Å². The maximum absolute atomic E-state index is 12.6. The molecule has 1 saturated heterocycles. The summed E-state index contributed by atoms with van der Waals surface area (Å²) in [6.45, 7) is 3.57. The molecule has 1 aromatic heterocycles. The molecule has 1 aliphatic rings. The number of hydrogen-bond donors (Lipinski definition) is 1. The summed E-state index contributed by atoms with van der Waals surface area (Å²) < 4.78 is 37.7. The minimum Gasteiger partial charge on any atom is -0.355 e. The normalized spacial score (nSPS) is 19.2. The van der Waals surface area contributed by atoms with Crippen molar-refractivity contribution in [2.75, 3.05) is 25.0 Å². The van der Waals surface area contributed by atoms with E-state index >= 15 is 0 Å². The lowest BCUT2D eigenvalue weighted by Crippen LogP contribution is -2.50. The van der Waals surface area contributed by atoms with E-state index in [4.69, 9.17) is 11.6 Å². The van der Waals surface area contributed by atoms with Gasteiger partial charge in [0.05, 0.1) is 10.6 Å². The van der Waals surface area contributed by atoms with Crippen LogP contribution in [0, 0.1) is 0 Å². The van der Waals surface area contributed by atoms with Crippen LogP contribution in [0.1, 0.15) is 25.3 Å². The SMILES string of the molecule is CNC1(C)CCN(c2ncc(C(F)(F)F)cc2Cl)CC1. The Labute approximate surface area is 121 Å². The Morgan fingerprint density at radius 2 is 1.95 bits per heavy atom. The number of pyridine rings is 1. The van der Waals surface area contributed by atoms with Gasteiger partial charge >= 0.3 is 6.18 Å². The van der Waals surface area contributed by atoms with Crippen molar-refractivity contribution in [2.45, 2.75) is 31.5 Å². The lowest BCUT2D eigenvalue weighted by atomic mass is 9.90. The predicted octanol–water partition coefficient (Wildman–Crippen LogP) is 3.33. The molecule has 2 heterocycles. The van der Waals surface area contributed by atoms with Crippen LogP contribution in [0.4, 0.5) is 19.0 Å². The van der Waals surface area contributed by atoms with Crippen molar-refractivity contribution < 1.29 is 13.2 Å². The van der Waals surface area contributed by atoms with Crippen molar-refractivity contribution in [3.8, 4) is 0 Å². The molecule has 1 aliphatic heterocycles. The number of aromatic nitrogens is 1. The Hall–Kier alpha value is -1.01. The van der Waals surface area contributed by atoms with Gasteiger partial charge in [-0.25, -0.2) is 4.98 Å². The summed E-state index contributed by atoms with van der Waals surface area (Å²) >= 11 is 5.95. The molecule has 0 bridgehead atoms. The standard InChI is InChI=1S/C13H17ClF3N3/c1-12(18-2)3-5-20(6-4-12)11-10(14)7-9(8-19-11)13(15,16)17/h7-8,18H,3-6H2,1-2H3. The largest absolute Gasteiger partial charge is 0.417 e. The highest BCUT2D eigenvalue weighted by Gasteiger charge is 2.33. The molecule has 0 aliphatic carbocycles. The number of nitrogens with zero attached hydrogens (tertiary/aromatic N) is 2. The van der Waals surface area contributed by atoms with Gasteiger partial charge in [0.2, 0.25) is 0 Å². The Kier molecular flexibility index (Phi) is 4.16. The smallest absolute Gasteiger partial charge is 0.355 e. The molecule has 7 heteroatoms. The molecule has 0 atom stereocenters. The fourth-order valence-electron chi connectivity index (χ4n) is 2.28. The van der Waals surface area contributed by atoms with Gasteiger partial charge in [0, 0.05) is 24.8 Å². The average molecular weight is 308 g/mol. The summed E-state index contributed by atoms with van der Waals surface area (Å²) in [4.78, 5) is 5.83. The molecule has 20 heavy (non-hydrogen) atoms. The van der Waals surface area contributed by atoms with Crippen molar-refractivity contribution in [3.05, 3.63) is 22.8 Å². The Morgan fingerprint density at radius 3 is 2.40 bits per heavy atom. The first kappa shape index (κ1) is 15.4. The summed E-state index contributed by atoms with van der Waals surface area (Å²) in [5.74, 6) is 0.429. The van der Waals surface area contributed by atoms with Gasteiger partial charge < -0.3 is 10.2 Å². The maximum atomic E-state index is 12.6. The lowest BCUT2D eigenvalue weighted by molar-refractivity contribution is -0.137. The van der Waals surface area contributed by atoms with E-state index in [1.165, 1.54) is 0 Å². The summed E-state index contributed by atoms with van der Waals surface area (Å²) in [6.07, 6.45) is -1.79. The van der Waals surface area contributed by atoms with Crippen LogP contribution in [0.3, 0.4) is 0 Å². The van der Waals surface area contributed by atoms with Crippen LogP contribution >= 0.6 is 11.6 Å². The maximum Gasteiger partial charge on any atom is 0.417 e. The molecule has 3 nitrogen and oxygen atoms in total. The van der Waals surface area contributed by atoms with Crippen molar-refractivity contribution in [1.82, 2.24) is 10.3 Å². The van der Waals surface area contributed by atoms with Crippen LogP contribution in [0.5, 0.6) is 0 Å². The van der Waals surface area contributed by atoms with E-state index in [1.807, 2.05) is 11.9 Å². The number of hydrogen-bond acceptors (Lipinski definition) is 3. The fourth-order valence-corrected chi connectivity index (χ4v) is 2.57. The number of halogens is 4. The zero-order valence-corrected chi connectivity index (χ0v) is 12.1. The van der Waals surface area contributed by atoms with Crippen LogP contribution in [0.2, 0.25) is 5.02 Å². The fraction of sp³-hybridized carbons (Fsp3) is 0.615. The highest BCUT2D eigenvalue weighted by Crippen LogP contribution is 2.34. The molecule has 1 fully saturated rings. The van der Waals surface area contributed by atoms with E-state index in [-0.39, 0.29) is 10.6 Å². The van der Waals surface area contributed by atoms with Crippen molar-refractivity contribution in [3.63, 3.8) is 0 Å². The van der Waals surface area contributed by atoms with E-state index < -0.39 is 11.7 Å². The highest BCUT2D eigenvalue weighted by atomic mass is 35.5. The summed E-state index contributed by atoms with van der Waals surface area (Å²) in [5.41, 5.74) is -0.752. The van der Waals surface area contributed by atoms with Crippen LogP contribution in [-0.4, -0.2) is 30.7 Å². The van der Waals surface area contributed by atoms with E-state index in [9.17, 15) is 13.2 Å². The van der Waals surface area contributed by atoms with E-state index in [1.54, 1.807) is 0 Å². The first-order chi connectivity index (χ1) is 9.25. The second-order valence-corrected chi connectivity index (χ2v) is 5.73. The molecule has 0 amide bonds. The lowest BCUT2D eigenvalue weighted by Gasteiger charge is -2.40. The van der Waals surface area contributed by atoms with Crippen LogP contribution in [0.25, 0.3) is 0 Å². The van der Waals surface area contributed by atoms with Gasteiger partial charge in [-0.1, -0.05) is 11.6 Å². The second kappa shape index (κ2) is 5.41. The summed E-state index contributed by atoms with van der Waals surface area (Å²) in [5, 5.41) is 3.32. The first-order valence-corrected chi connectivity index (χ1v) is 6.79. The van der Waals surface area contributed by atoms with Crippen molar-refractivity contribution in [1.29, 1.82) is 0 Å². The van der Waals surface area contributed by atoms with Gasteiger partial charge in [0.1, 0.15) is 5.82 Å². The molecule has 0 aromatic carbocycles. The molecule has 0 saturated carbocycles. The second-order valence-electron chi connectivity index (χ2n) is 5.32. The van der Waals surface area contributed by atoms with E-state index in [0.29, 0.717) is 5.82 Å². The molecular weight excluding hydrogens is 291 g/mol. The topological polar surface area (TPSA) is 28.2 Å². The zero-order chi connectivity index (χ0) is 15.0. The molecular formula is C13H17ClF3N3. The number of piperidine rings is 1. The Morgan fingerprint density at radius 1 is 1.35 bits per heavy atom.